The monoisotopic (exact) mass is 301 g/mol. The highest BCUT2D eigenvalue weighted by molar-refractivity contribution is 5.79. The molecule has 0 aromatic carbocycles. The Kier molecular flexibility index (Phi) is 3.10. The van der Waals surface area contributed by atoms with Crippen LogP contribution < -0.4 is 5.32 Å². The minimum atomic E-state index is 0.220. The predicted octanol–water partition coefficient (Wildman–Crippen LogP) is 4.51. The van der Waals surface area contributed by atoms with E-state index in [4.69, 9.17) is 0 Å². The number of amides is 1. The molecule has 0 radical (unpaired) electrons. The van der Waals surface area contributed by atoms with Crippen molar-refractivity contribution in [1.82, 2.24) is 5.32 Å². The van der Waals surface area contributed by atoms with E-state index in [1.807, 2.05) is 0 Å². The molecule has 0 bridgehead atoms. The summed E-state index contributed by atoms with van der Waals surface area (Å²) in [5.41, 5.74) is 2.05. The molecule has 122 valence electrons. The summed E-state index contributed by atoms with van der Waals surface area (Å²) in [6.45, 7) is 9.85. The molecule has 0 spiro atoms. The molecule has 3 fully saturated rings. The zero-order chi connectivity index (χ0) is 15.7. The molecule has 7 atom stereocenters. The molecule has 2 nitrogen and oxygen atoms in total. The van der Waals surface area contributed by atoms with Gasteiger partial charge in [-0.3, -0.25) is 4.79 Å². The van der Waals surface area contributed by atoms with Gasteiger partial charge in [0.1, 0.15) is 0 Å². The molecule has 1 heterocycles. The average Bonchev–Trinajstić information content (AvgIpc) is 2.75. The van der Waals surface area contributed by atoms with Crippen molar-refractivity contribution < 1.29 is 4.79 Å². The zero-order valence-electron chi connectivity index (χ0n) is 14.6. The van der Waals surface area contributed by atoms with Crippen LogP contribution in [-0.2, 0) is 4.79 Å². The maximum atomic E-state index is 11.9. The number of hydrogen-bond donors (Lipinski definition) is 1. The standard InChI is InChI=1S/C20H31NO/c1-12-9-15-18-13(2)10-16-20(4,8-6-17(22)21-16)14(18)5-7-19(15,3)11-12/h10,12-15,18H,5-9,11H2,1-4H3,(H,21,22)/t12-,13-,14?,15?,18?,19+,20+/m0/s1. The van der Waals surface area contributed by atoms with Gasteiger partial charge in [-0.15, -0.1) is 0 Å². The minimum absolute atomic E-state index is 0.220. The first-order valence-corrected chi connectivity index (χ1v) is 9.36. The summed E-state index contributed by atoms with van der Waals surface area (Å²) in [4.78, 5) is 11.9. The van der Waals surface area contributed by atoms with Gasteiger partial charge in [-0.25, -0.2) is 0 Å². The van der Waals surface area contributed by atoms with Crippen LogP contribution in [0.1, 0.15) is 66.2 Å². The number of carbonyl (C=O) groups excluding carboxylic acids is 1. The molecule has 22 heavy (non-hydrogen) atoms. The maximum Gasteiger partial charge on any atom is 0.224 e. The van der Waals surface area contributed by atoms with Gasteiger partial charge >= 0.3 is 0 Å². The molecule has 0 aromatic rings. The van der Waals surface area contributed by atoms with Gasteiger partial charge in [-0.1, -0.05) is 33.8 Å². The number of nitrogens with one attached hydrogen (secondary N) is 1. The van der Waals surface area contributed by atoms with Gasteiger partial charge in [-0.2, -0.15) is 0 Å². The lowest BCUT2D eigenvalue weighted by Crippen LogP contribution is -2.54. The van der Waals surface area contributed by atoms with Crippen molar-refractivity contribution in [3.05, 3.63) is 11.8 Å². The smallest absolute Gasteiger partial charge is 0.224 e. The zero-order valence-corrected chi connectivity index (χ0v) is 14.6. The van der Waals surface area contributed by atoms with Gasteiger partial charge in [0.25, 0.3) is 0 Å². The lowest BCUT2D eigenvalue weighted by molar-refractivity contribution is -0.125. The second kappa shape index (κ2) is 4.61. The van der Waals surface area contributed by atoms with Crippen LogP contribution >= 0.6 is 0 Å². The highest BCUT2D eigenvalue weighted by Gasteiger charge is 2.58. The number of allylic oxidation sites excluding steroid dienone is 2. The van der Waals surface area contributed by atoms with Crippen molar-refractivity contribution in [2.45, 2.75) is 66.2 Å². The van der Waals surface area contributed by atoms with E-state index in [1.54, 1.807) is 0 Å². The summed E-state index contributed by atoms with van der Waals surface area (Å²) in [6, 6.07) is 0. The topological polar surface area (TPSA) is 29.1 Å². The van der Waals surface area contributed by atoms with Crippen molar-refractivity contribution in [2.24, 2.45) is 40.4 Å². The fraction of sp³-hybridized carbons (Fsp3) is 0.850. The van der Waals surface area contributed by atoms with Crippen LogP contribution in [0.2, 0.25) is 0 Å². The minimum Gasteiger partial charge on any atom is -0.330 e. The van der Waals surface area contributed by atoms with Crippen LogP contribution in [0.15, 0.2) is 11.8 Å². The van der Waals surface area contributed by atoms with Crippen molar-refractivity contribution in [3.8, 4) is 0 Å². The van der Waals surface area contributed by atoms with Gasteiger partial charge in [0.05, 0.1) is 0 Å². The Morgan fingerprint density at radius 3 is 2.73 bits per heavy atom. The highest BCUT2D eigenvalue weighted by atomic mass is 16.1. The van der Waals surface area contributed by atoms with Crippen molar-refractivity contribution in [1.29, 1.82) is 0 Å². The molecule has 1 saturated heterocycles. The summed E-state index contributed by atoms with van der Waals surface area (Å²) >= 11 is 0. The molecule has 3 unspecified atom stereocenters. The van der Waals surface area contributed by atoms with Crippen LogP contribution in [-0.4, -0.2) is 5.91 Å². The Bertz CT molecular complexity index is 538. The van der Waals surface area contributed by atoms with Crippen LogP contribution in [0.5, 0.6) is 0 Å². The van der Waals surface area contributed by atoms with Crippen molar-refractivity contribution in [2.75, 3.05) is 0 Å². The molecular formula is C20H31NO. The predicted molar refractivity (Wildman–Crippen MR) is 88.9 cm³/mol. The van der Waals surface area contributed by atoms with E-state index >= 15 is 0 Å². The van der Waals surface area contributed by atoms with E-state index < -0.39 is 0 Å². The van der Waals surface area contributed by atoms with Gasteiger partial charge in [-0.05, 0) is 67.1 Å². The van der Waals surface area contributed by atoms with Crippen LogP contribution in [0.3, 0.4) is 0 Å². The first kappa shape index (κ1) is 14.8. The summed E-state index contributed by atoms with van der Waals surface area (Å²) in [7, 11) is 0. The Morgan fingerprint density at radius 2 is 1.95 bits per heavy atom. The Balaban J connectivity index is 1.74. The third-order valence-electron chi connectivity index (χ3n) is 7.94. The lowest BCUT2D eigenvalue weighted by Gasteiger charge is -2.58. The number of carbonyl (C=O) groups is 1. The Morgan fingerprint density at radius 1 is 1.18 bits per heavy atom. The van der Waals surface area contributed by atoms with Crippen LogP contribution in [0.4, 0.5) is 0 Å². The van der Waals surface area contributed by atoms with Crippen molar-refractivity contribution in [3.63, 3.8) is 0 Å². The Hall–Kier alpha value is -0.790. The summed E-state index contributed by atoms with van der Waals surface area (Å²) in [5.74, 6) is 4.22. The van der Waals surface area contributed by atoms with E-state index in [0.29, 0.717) is 17.8 Å². The Labute approximate surface area is 135 Å². The number of hydrogen-bond acceptors (Lipinski definition) is 1. The van der Waals surface area contributed by atoms with E-state index in [2.05, 4.69) is 39.1 Å². The lowest BCUT2D eigenvalue weighted by atomic mass is 9.48. The largest absolute Gasteiger partial charge is 0.330 e. The van der Waals surface area contributed by atoms with Crippen molar-refractivity contribution >= 4 is 5.91 Å². The molecular weight excluding hydrogens is 270 g/mol. The second-order valence-corrected chi connectivity index (χ2v) is 9.43. The SMILES string of the molecule is C[C@H]1CC2C3C(CC[C@]2(C)C1)[C@@]1(C)CCC(=O)NC1=C[C@@H]3C. The summed E-state index contributed by atoms with van der Waals surface area (Å²) in [5, 5.41) is 3.22. The van der Waals surface area contributed by atoms with Gasteiger partial charge < -0.3 is 5.32 Å². The maximum absolute atomic E-state index is 11.9. The first-order valence-electron chi connectivity index (χ1n) is 9.36. The molecule has 3 aliphatic carbocycles. The molecule has 4 rings (SSSR count). The molecule has 2 heteroatoms. The molecule has 0 aromatic heterocycles. The number of piperidine rings is 1. The third-order valence-corrected chi connectivity index (χ3v) is 7.94. The second-order valence-electron chi connectivity index (χ2n) is 9.43. The molecule has 1 N–H and O–H groups in total. The van der Waals surface area contributed by atoms with E-state index in [-0.39, 0.29) is 11.3 Å². The normalized spacial score (nSPS) is 53.9. The third kappa shape index (κ3) is 1.88. The average molecular weight is 301 g/mol. The van der Waals surface area contributed by atoms with Crippen LogP contribution in [0, 0.1) is 40.4 Å². The fourth-order valence-electron chi connectivity index (χ4n) is 6.95. The fourth-order valence-corrected chi connectivity index (χ4v) is 6.95. The van der Waals surface area contributed by atoms with E-state index in [1.165, 1.54) is 31.4 Å². The summed E-state index contributed by atoms with van der Waals surface area (Å²) in [6.07, 6.45) is 9.80. The number of fused-ring (bicyclic) bond motifs is 5. The number of rotatable bonds is 0. The van der Waals surface area contributed by atoms with Gasteiger partial charge in [0.15, 0.2) is 0 Å². The molecule has 1 aliphatic heterocycles. The molecule has 4 aliphatic rings. The quantitative estimate of drug-likeness (QED) is 0.700. The van der Waals surface area contributed by atoms with Gasteiger partial charge in [0.2, 0.25) is 5.91 Å². The van der Waals surface area contributed by atoms with Gasteiger partial charge in [0, 0.05) is 17.5 Å². The summed E-state index contributed by atoms with van der Waals surface area (Å²) < 4.78 is 0. The highest BCUT2D eigenvalue weighted by Crippen LogP contribution is 2.65. The molecule has 2 saturated carbocycles. The van der Waals surface area contributed by atoms with E-state index in [9.17, 15) is 4.79 Å². The first-order chi connectivity index (χ1) is 10.3. The molecule has 1 amide bonds. The van der Waals surface area contributed by atoms with E-state index in [0.717, 1.165) is 30.1 Å². The van der Waals surface area contributed by atoms with Crippen LogP contribution in [0.25, 0.3) is 0 Å².